The molecule has 17 heavy (non-hydrogen) atoms. The Bertz CT molecular complexity index is 183. The maximum atomic E-state index is 3.64. The molecule has 2 heteroatoms. The maximum Gasteiger partial charge on any atom is 0.0107 e. The number of hydrogen-bond acceptors (Lipinski definition) is 2. The molecule has 0 aliphatic carbocycles. The summed E-state index contributed by atoms with van der Waals surface area (Å²) in [7, 11) is 0. The minimum absolute atomic E-state index is 0.472. The van der Waals surface area contributed by atoms with Crippen LogP contribution in [-0.2, 0) is 0 Å². The van der Waals surface area contributed by atoms with E-state index in [1.54, 1.807) is 0 Å². The zero-order valence-corrected chi connectivity index (χ0v) is 12.2. The van der Waals surface area contributed by atoms with E-state index in [0.717, 1.165) is 6.54 Å². The topological polar surface area (TPSA) is 15.3 Å². The molecule has 2 nitrogen and oxygen atoms in total. The van der Waals surface area contributed by atoms with Crippen LogP contribution in [0.25, 0.3) is 0 Å². The summed E-state index contributed by atoms with van der Waals surface area (Å²) in [5, 5.41) is 3.64. The first-order chi connectivity index (χ1) is 8.14. The third kappa shape index (κ3) is 7.05. The van der Waals surface area contributed by atoms with Gasteiger partial charge in [0.1, 0.15) is 0 Å². The van der Waals surface area contributed by atoms with E-state index in [0.29, 0.717) is 5.41 Å². The summed E-state index contributed by atoms with van der Waals surface area (Å²) in [6.45, 7) is 13.3. The molecule has 0 saturated carbocycles. The summed E-state index contributed by atoms with van der Waals surface area (Å²) in [5.41, 5.74) is 0.472. The Morgan fingerprint density at radius 1 is 1.12 bits per heavy atom. The normalized spacial score (nSPS) is 17.8. The van der Waals surface area contributed by atoms with Crippen LogP contribution in [0.5, 0.6) is 0 Å². The van der Waals surface area contributed by atoms with E-state index in [9.17, 15) is 0 Å². The molecular weight excluding hydrogens is 208 g/mol. The quantitative estimate of drug-likeness (QED) is 0.622. The summed E-state index contributed by atoms with van der Waals surface area (Å²) >= 11 is 0. The Hall–Kier alpha value is -0.0800. The van der Waals surface area contributed by atoms with E-state index >= 15 is 0 Å². The van der Waals surface area contributed by atoms with Gasteiger partial charge in [-0.25, -0.2) is 0 Å². The lowest BCUT2D eigenvalue weighted by atomic mass is 9.87. The number of likely N-dealkylation sites (tertiary alicyclic amines) is 1. The van der Waals surface area contributed by atoms with Crippen LogP contribution in [0.4, 0.5) is 0 Å². The van der Waals surface area contributed by atoms with E-state index in [-0.39, 0.29) is 0 Å². The minimum atomic E-state index is 0.472. The van der Waals surface area contributed by atoms with Gasteiger partial charge in [0.25, 0.3) is 0 Å². The van der Waals surface area contributed by atoms with Crippen LogP contribution < -0.4 is 5.32 Å². The molecule has 0 aromatic carbocycles. The van der Waals surface area contributed by atoms with Gasteiger partial charge in [-0.3, -0.25) is 0 Å². The highest BCUT2D eigenvalue weighted by molar-refractivity contribution is 4.73. The highest BCUT2D eigenvalue weighted by Crippen LogP contribution is 2.22. The van der Waals surface area contributed by atoms with E-state index in [1.165, 1.54) is 64.7 Å². The molecule has 1 rings (SSSR count). The van der Waals surface area contributed by atoms with Crippen molar-refractivity contribution < 1.29 is 0 Å². The Morgan fingerprint density at radius 2 is 1.82 bits per heavy atom. The van der Waals surface area contributed by atoms with E-state index in [2.05, 4.69) is 31.0 Å². The molecule has 1 aliphatic heterocycles. The second-order valence-corrected chi connectivity index (χ2v) is 6.35. The summed E-state index contributed by atoms with van der Waals surface area (Å²) in [4.78, 5) is 2.58. The molecule has 0 aromatic rings. The molecule has 0 atom stereocenters. The summed E-state index contributed by atoms with van der Waals surface area (Å²) in [6, 6.07) is 0. The van der Waals surface area contributed by atoms with Crippen molar-refractivity contribution in [3.05, 3.63) is 0 Å². The number of rotatable bonds is 9. The van der Waals surface area contributed by atoms with Gasteiger partial charge in [-0.15, -0.1) is 0 Å². The molecule has 1 N–H and O–H groups in total. The largest absolute Gasteiger partial charge is 0.315 e. The summed E-state index contributed by atoms with van der Waals surface area (Å²) in [5.74, 6) is 0. The number of unbranched alkanes of at least 4 members (excludes halogenated alkanes) is 2. The van der Waals surface area contributed by atoms with Crippen molar-refractivity contribution >= 4 is 0 Å². The van der Waals surface area contributed by atoms with Crippen molar-refractivity contribution in [1.82, 2.24) is 10.2 Å². The zero-order valence-electron chi connectivity index (χ0n) is 12.2. The Balaban J connectivity index is 1.99. The fourth-order valence-electron chi connectivity index (χ4n) is 2.61. The third-order valence-corrected chi connectivity index (χ3v) is 3.86. The molecule has 0 bridgehead atoms. The third-order valence-electron chi connectivity index (χ3n) is 3.86. The minimum Gasteiger partial charge on any atom is -0.315 e. The zero-order chi connectivity index (χ0) is 12.6. The Morgan fingerprint density at radius 3 is 2.47 bits per heavy atom. The molecule has 0 aromatic heterocycles. The van der Waals surface area contributed by atoms with Gasteiger partial charge in [-0.1, -0.05) is 40.0 Å². The number of hydrogen-bond donors (Lipinski definition) is 1. The van der Waals surface area contributed by atoms with Crippen molar-refractivity contribution in [3.63, 3.8) is 0 Å². The number of nitrogens with one attached hydrogen (secondary N) is 1. The van der Waals surface area contributed by atoms with Crippen molar-refractivity contribution in [2.24, 2.45) is 5.41 Å². The van der Waals surface area contributed by atoms with Gasteiger partial charge in [-0.2, -0.15) is 0 Å². The van der Waals surface area contributed by atoms with Gasteiger partial charge >= 0.3 is 0 Å². The SMILES string of the molecule is CCCCCC(C)(C)CNCCN1CCCC1. The highest BCUT2D eigenvalue weighted by Gasteiger charge is 2.17. The molecule has 1 aliphatic rings. The molecule has 0 amide bonds. The lowest BCUT2D eigenvalue weighted by Crippen LogP contribution is -2.35. The number of nitrogens with zero attached hydrogens (tertiary/aromatic N) is 1. The molecule has 1 heterocycles. The highest BCUT2D eigenvalue weighted by atomic mass is 15.1. The van der Waals surface area contributed by atoms with E-state index in [4.69, 9.17) is 0 Å². The van der Waals surface area contributed by atoms with Crippen molar-refractivity contribution in [2.75, 3.05) is 32.7 Å². The molecule has 1 fully saturated rings. The first kappa shape index (κ1) is 15.0. The van der Waals surface area contributed by atoms with E-state index in [1.807, 2.05) is 0 Å². The van der Waals surface area contributed by atoms with Crippen LogP contribution in [-0.4, -0.2) is 37.6 Å². The van der Waals surface area contributed by atoms with Crippen LogP contribution in [0, 0.1) is 5.41 Å². The second kappa shape index (κ2) is 8.10. The smallest absolute Gasteiger partial charge is 0.0107 e. The van der Waals surface area contributed by atoms with Gasteiger partial charge < -0.3 is 10.2 Å². The maximum absolute atomic E-state index is 3.64. The lowest BCUT2D eigenvalue weighted by Gasteiger charge is -2.25. The molecule has 0 radical (unpaired) electrons. The van der Waals surface area contributed by atoms with Gasteiger partial charge in [0, 0.05) is 19.6 Å². The first-order valence-electron chi connectivity index (χ1n) is 7.57. The van der Waals surface area contributed by atoms with Crippen LogP contribution in [0.3, 0.4) is 0 Å². The first-order valence-corrected chi connectivity index (χ1v) is 7.57. The van der Waals surface area contributed by atoms with Crippen LogP contribution in [0.1, 0.15) is 59.3 Å². The molecular formula is C15H32N2. The van der Waals surface area contributed by atoms with Gasteiger partial charge in [0.15, 0.2) is 0 Å². The van der Waals surface area contributed by atoms with E-state index < -0.39 is 0 Å². The molecule has 0 unspecified atom stereocenters. The fraction of sp³-hybridized carbons (Fsp3) is 1.00. The summed E-state index contributed by atoms with van der Waals surface area (Å²) in [6.07, 6.45) is 8.27. The predicted octanol–water partition coefficient (Wildman–Crippen LogP) is 3.28. The van der Waals surface area contributed by atoms with Crippen molar-refractivity contribution in [3.8, 4) is 0 Å². The Kier molecular flexibility index (Phi) is 7.14. The monoisotopic (exact) mass is 240 g/mol. The van der Waals surface area contributed by atoms with Crippen molar-refractivity contribution in [2.45, 2.75) is 59.3 Å². The molecule has 1 saturated heterocycles. The van der Waals surface area contributed by atoms with Crippen molar-refractivity contribution in [1.29, 1.82) is 0 Å². The van der Waals surface area contributed by atoms with Gasteiger partial charge in [-0.05, 0) is 37.8 Å². The average molecular weight is 240 g/mol. The summed E-state index contributed by atoms with van der Waals surface area (Å²) < 4.78 is 0. The van der Waals surface area contributed by atoms with Crippen LogP contribution in [0.15, 0.2) is 0 Å². The second-order valence-electron chi connectivity index (χ2n) is 6.35. The molecule has 0 spiro atoms. The average Bonchev–Trinajstić information content (AvgIpc) is 2.77. The van der Waals surface area contributed by atoms with Crippen LogP contribution >= 0.6 is 0 Å². The van der Waals surface area contributed by atoms with Gasteiger partial charge in [0.05, 0.1) is 0 Å². The van der Waals surface area contributed by atoms with Gasteiger partial charge in [0.2, 0.25) is 0 Å². The lowest BCUT2D eigenvalue weighted by molar-refractivity contribution is 0.284. The Labute approximate surface area is 108 Å². The standard InChI is InChI=1S/C15H32N2/c1-4-5-6-9-15(2,3)14-16-10-13-17-11-7-8-12-17/h16H,4-14H2,1-3H3. The fourth-order valence-corrected chi connectivity index (χ4v) is 2.61. The predicted molar refractivity (Wildman–Crippen MR) is 76.5 cm³/mol. The van der Waals surface area contributed by atoms with Crippen LogP contribution in [0.2, 0.25) is 0 Å². The molecule has 102 valence electrons.